The summed E-state index contributed by atoms with van der Waals surface area (Å²) in [5.41, 5.74) is 3.01. The zero-order chi connectivity index (χ0) is 21.0. The molecule has 3 atom stereocenters. The molecule has 0 fully saturated rings. The predicted molar refractivity (Wildman–Crippen MR) is 116 cm³/mol. The number of aryl methyl sites for hydroxylation is 2. The molecule has 9 nitrogen and oxygen atoms in total. The van der Waals surface area contributed by atoms with Crippen LogP contribution in [-0.4, -0.2) is 77.6 Å². The van der Waals surface area contributed by atoms with Crippen LogP contribution in [0.1, 0.15) is 31.5 Å². The highest BCUT2D eigenvalue weighted by Gasteiger charge is 2.41. The van der Waals surface area contributed by atoms with Crippen LogP contribution in [0.4, 0.5) is 5.82 Å². The minimum atomic E-state index is -0.147. The fourth-order valence-corrected chi connectivity index (χ4v) is 3.55. The number of hydrogen-bond acceptors (Lipinski definition) is 9. The maximum atomic E-state index is 9.39. The average molecular weight is 402 g/mol. The van der Waals surface area contributed by atoms with Gasteiger partial charge in [-0.1, -0.05) is 0 Å². The van der Waals surface area contributed by atoms with E-state index < -0.39 is 0 Å². The number of hydrazone groups is 1. The summed E-state index contributed by atoms with van der Waals surface area (Å²) in [6.07, 6.45) is 0.863. The molecule has 0 aliphatic carbocycles. The molecule has 0 aromatic carbocycles. The Morgan fingerprint density at radius 2 is 2.07 bits per heavy atom. The first kappa shape index (κ1) is 21.2. The van der Waals surface area contributed by atoms with E-state index in [4.69, 9.17) is 19.8 Å². The number of ether oxygens (including phenoxy) is 1. The van der Waals surface area contributed by atoms with Crippen LogP contribution in [0.15, 0.2) is 27.2 Å². The van der Waals surface area contributed by atoms with Crippen molar-refractivity contribution in [2.75, 3.05) is 32.2 Å². The monoisotopic (exact) mass is 401 g/mol. The lowest BCUT2D eigenvalue weighted by atomic mass is 10.0. The van der Waals surface area contributed by atoms with Gasteiger partial charge in [-0.2, -0.15) is 10.1 Å². The minimum Gasteiger partial charge on any atom is -0.394 e. The number of aromatic nitrogens is 1. The topological polar surface area (TPSA) is 107 Å². The number of pyridine rings is 1. The van der Waals surface area contributed by atoms with Crippen molar-refractivity contribution in [3.63, 3.8) is 0 Å². The Kier molecular flexibility index (Phi) is 6.81. The third-order valence-corrected chi connectivity index (χ3v) is 4.84. The van der Waals surface area contributed by atoms with E-state index in [0.717, 1.165) is 41.6 Å². The molecule has 1 aromatic rings. The standard InChI is InChI=1S/C20H31N7O2/c1-12-9-13(2)21-16(10-12)23-19-18-17(24-20(25-19)22-14(3)11-28)15(4)26-27(18)7-6-8-29-5/h9-10,14,17-18,28H,6-8,11H2,1-5H3,(H2,21,22,23,24,25)/t14-,17?,18?/m0/s1. The van der Waals surface area contributed by atoms with Gasteiger partial charge in [0.25, 0.3) is 0 Å². The molecule has 2 aliphatic rings. The van der Waals surface area contributed by atoms with Crippen molar-refractivity contribution >= 4 is 23.3 Å². The lowest BCUT2D eigenvalue weighted by Gasteiger charge is -2.31. The zero-order valence-corrected chi connectivity index (χ0v) is 17.8. The Morgan fingerprint density at radius 3 is 2.76 bits per heavy atom. The van der Waals surface area contributed by atoms with Gasteiger partial charge < -0.3 is 20.5 Å². The Morgan fingerprint density at radius 1 is 1.28 bits per heavy atom. The number of aliphatic hydroxyl groups excluding tert-OH is 1. The molecule has 158 valence electrons. The highest BCUT2D eigenvalue weighted by Crippen LogP contribution is 2.25. The zero-order valence-electron chi connectivity index (χ0n) is 17.8. The quantitative estimate of drug-likeness (QED) is 0.595. The summed E-state index contributed by atoms with van der Waals surface area (Å²) in [4.78, 5) is 14.1. The maximum Gasteiger partial charge on any atom is 0.220 e. The number of guanidine groups is 1. The van der Waals surface area contributed by atoms with Crippen LogP contribution in [0, 0.1) is 13.8 Å². The molecule has 29 heavy (non-hydrogen) atoms. The second kappa shape index (κ2) is 9.32. The highest BCUT2D eigenvalue weighted by atomic mass is 16.5. The average Bonchev–Trinajstić information content (AvgIpc) is 2.97. The van der Waals surface area contributed by atoms with Gasteiger partial charge in [-0.25, -0.2) is 9.98 Å². The number of anilines is 1. The first-order valence-corrected chi connectivity index (χ1v) is 9.98. The lowest BCUT2D eigenvalue weighted by Crippen LogP contribution is -2.51. The molecule has 3 N–H and O–H groups in total. The number of nitrogens with one attached hydrogen (secondary N) is 2. The number of rotatable bonds is 7. The van der Waals surface area contributed by atoms with Gasteiger partial charge in [0.15, 0.2) is 0 Å². The first-order valence-electron chi connectivity index (χ1n) is 9.98. The van der Waals surface area contributed by atoms with Crippen molar-refractivity contribution in [1.29, 1.82) is 0 Å². The van der Waals surface area contributed by atoms with E-state index in [0.29, 0.717) is 12.6 Å². The molecular weight excluding hydrogens is 370 g/mol. The maximum absolute atomic E-state index is 9.39. The highest BCUT2D eigenvalue weighted by molar-refractivity contribution is 6.12. The summed E-state index contributed by atoms with van der Waals surface area (Å²) >= 11 is 0. The number of fused-ring (bicyclic) bond motifs is 1. The molecule has 2 aliphatic heterocycles. The SMILES string of the molecule is COCCCN1N=C(C)C2N=C(N[C@@H](C)CO)N=C(Nc3cc(C)cc(C)n3)C21. The number of aliphatic imine (C=N–C) groups is 2. The van der Waals surface area contributed by atoms with Gasteiger partial charge >= 0.3 is 0 Å². The summed E-state index contributed by atoms with van der Waals surface area (Å²) in [7, 11) is 1.70. The van der Waals surface area contributed by atoms with E-state index >= 15 is 0 Å². The molecular formula is C20H31N7O2. The molecule has 9 heteroatoms. The van der Waals surface area contributed by atoms with Crippen molar-refractivity contribution in [2.45, 2.75) is 52.2 Å². The molecule has 0 spiro atoms. The molecule has 1 aromatic heterocycles. The predicted octanol–water partition coefficient (Wildman–Crippen LogP) is 1.31. The minimum absolute atomic E-state index is 0.000240. The second-order valence-corrected chi connectivity index (χ2v) is 7.61. The first-order chi connectivity index (χ1) is 13.9. The summed E-state index contributed by atoms with van der Waals surface area (Å²) in [6.45, 7) is 9.31. The van der Waals surface area contributed by atoms with Gasteiger partial charge in [0, 0.05) is 32.0 Å². The molecule has 0 radical (unpaired) electrons. The number of methoxy groups -OCH3 is 1. The van der Waals surface area contributed by atoms with Gasteiger partial charge in [-0.15, -0.1) is 0 Å². The van der Waals surface area contributed by atoms with E-state index in [1.807, 2.05) is 44.8 Å². The Hall–Kier alpha value is -2.52. The third kappa shape index (κ3) is 5.10. The summed E-state index contributed by atoms with van der Waals surface area (Å²) in [6, 6.07) is 3.62. The third-order valence-electron chi connectivity index (χ3n) is 4.84. The number of nitrogens with zero attached hydrogens (tertiary/aromatic N) is 5. The molecule has 3 rings (SSSR count). The van der Waals surface area contributed by atoms with Crippen LogP contribution >= 0.6 is 0 Å². The van der Waals surface area contributed by atoms with Crippen LogP contribution in [0.2, 0.25) is 0 Å². The number of hydrogen-bond donors (Lipinski definition) is 3. The van der Waals surface area contributed by atoms with E-state index in [1.165, 1.54) is 0 Å². The van der Waals surface area contributed by atoms with Gasteiger partial charge in [0.05, 0.1) is 12.3 Å². The van der Waals surface area contributed by atoms with Crippen LogP contribution in [0.3, 0.4) is 0 Å². The Balaban J connectivity index is 1.90. The molecule has 2 unspecified atom stereocenters. The molecule has 0 amide bonds. The van der Waals surface area contributed by atoms with E-state index in [2.05, 4.69) is 15.6 Å². The van der Waals surface area contributed by atoms with Gasteiger partial charge in [0.1, 0.15) is 23.7 Å². The smallest absolute Gasteiger partial charge is 0.220 e. The molecule has 0 bridgehead atoms. The number of amidine groups is 1. The Bertz CT molecular complexity index is 801. The number of aliphatic hydroxyl groups is 1. The van der Waals surface area contributed by atoms with Crippen molar-refractivity contribution in [1.82, 2.24) is 15.3 Å². The normalized spacial score (nSPS) is 21.9. The van der Waals surface area contributed by atoms with Gasteiger partial charge in [-0.3, -0.25) is 5.01 Å². The molecule has 3 heterocycles. The van der Waals surface area contributed by atoms with Crippen molar-refractivity contribution < 1.29 is 9.84 Å². The van der Waals surface area contributed by atoms with Crippen LogP contribution in [0.25, 0.3) is 0 Å². The van der Waals surface area contributed by atoms with E-state index in [9.17, 15) is 5.11 Å². The lowest BCUT2D eigenvalue weighted by molar-refractivity contribution is 0.170. The Labute approximate surface area is 172 Å². The fourth-order valence-electron chi connectivity index (χ4n) is 3.55. The van der Waals surface area contributed by atoms with Crippen molar-refractivity contribution in [3.05, 3.63) is 23.4 Å². The van der Waals surface area contributed by atoms with Crippen molar-refractivity contribution in [3.8, 4) is 0 Å². The fraction of sp³-hybridized carbons (Fsp3) is 0.600. The summed E-state index contributed by atoms with van der Waals surface area (Å²) < 4.78 is 5.19. The van der Waals surface area contributed by atoms with Gasteiger partial charge in [0.2, 0.25) is 5.96 Å². The molecule has 0 saturated heterocycles. The summed E-state index contributed by atoms with van der Waals surface area (Å²) in [5, 5.41) is 22.7. The van der Waals surface area contributed by atoms with Crippen LogP contribution < -0.4 is 10.6 Å². The van der Waals surface area contributed by atoms with Gasteiger partial charge in [-0.05, 0) is 51.8 Å². The van der Waals surface area contributed by atoms with Crippen LogP contribution in [-0.2, 0) is 4.74 Å². The largest absolute Gasteiger partial charge is 0.394 e. The van der Waals surface area contributed by atoms with E-state index in [1.54, 1.807) is 7.11 Å². The van der Waals surface area contributed by atoms with Crippen LogP contribution in [0.5, 0.6) is 0 Å². The second-order valence-electron chi connectivity index (χ2n) is 7.61. The van der Waals surface area contributed by atoms with Crippen molar-refractivity contribution in [2.24, 2.45) is 15.1 Å². The molecule has 0 saturated carbocycles. The summed E-state index contributed by atoms with van der Waals surface area (Å²) in [5.74, 6) is 1.99. The van der Waals surface area contributed by atoms with E-state index in [-0.39, 0.29) is 24.7 Å².